The van der Waals surface area contributed by atoms with E-state index in [-0.39, 0.29) is 17.5 Å². The van der Waals surface area contributed by atoms with Gasteiger partial charge in [-0.1, -0.05) is 18.2 Å². The Morgan fingerprint density at radius 3 is 2.47 bits per heavy atom. The number of hydrogen-bond donors (Lipinski definition) is 0. The van der Waals surface area contributed by atoms with Gasteiger partial charge < -0.3 is 19.4 Å². The van der Waals surface area contributed by atoms with Crippen LogP contribution in [0, 0.1) is 5.82 Å². The number of halogens is 1. The maximum absolute atomic E-state index is 14.0. The normalized spacial score (nSPS) is 15.6. The van der Waals surface area contributed by atoms with Crippen LogP contribution in [0.5, 0.6) is 5.75 Å². The lowest BCUT2D eigenvalue weighted by Crippen LogP contribution is -2.46. The summed E-state index contributed by atoms with van der Waals surface area (Å²) in [5.74, 6) is 0.739. The number of carbonyl (C=O) groups is 1. The first-order valence-electron chi connectivity index (χ1n) is 10.8. The first-order valence-corrected chi connectivity index (χ1v) is 10.8. The third-order valence-corrected chi connectivity index (χ3v) is 6.23. The molecule has 0 radical (unpaired) electrons. The lowest BCUT2D eigenvalue weighted by molar-refractivity contribution is 0.0989. The number of ether oxygens (including phenoxy) is 1. The topological polar surface area (TPSA) is 48.9 Å². The van der Waals surface area contributed by atoms with E-state index >= 15 is 0 Å². The molecule has 3 aromatic rings. The second kappa shape index (κ2) is 8.49. The van der Waals surface area contributed by atoms with Crippen molar-refractivity contribution < 1.29 is 13.9 Å². The highest BCUT2D eigenvalue weighted by Crippen LogP contribution is 2.29. The van der Waals surface area contributed by atoms with E-state index < -0.39 is 0 Å². The molecule has 0 spiro atoms. The molecule has 6 nitrogen and oxygen atoms in total. The molecule has 5 rings (SSSR count). The second-order valence-corrected chi connectivity index (χ2v) is 8.03. The summed E-state index contributed by atoms with van der Waals surface area (Å²) in [4.78, 5) is 23.7. The fourth-order valence-electron chi connectivity index (χ4n) is 4.45. The number of benzene rings is 2. The smallest absolute Gasteiger partial charge is 0.259 e. The van der Waals surface area contributed by atoms with E-state index in [9.17, 15) is 9.18 Å². The van der Waals surface area contributed by atoms with Crippen LogP contribution < -0.4 is 19.4 Å². The van der Waals surface area contributed by atoms with Gasteiger partial charge in [-0.3, -0.25) is 4.79 Å². The Morgan fingerprint density at radius 1 is 0.969 bits per heavy atom. The predicted molar refractivity (Wildman–Crippen MR) is 123 cm³/mol. The number of pyridine rings is 1. The fraction of sp³-hybridized carbons (Fsp3) is 0.280. The molecule has 0 aliphatic carbocycles. The molecule has 1 amide bonds. The minimum atomic E-state index is -0.352. The molecule has 1 saturated heterocycles. The lowest BCUT2D eigenvalue weighted by atomic mass is 10.2. The zero-order valence-corrected chi connectivity index (χ0v) is 18.0. The van der Waals surface area contributed by atoms with Crippen molar-refractivity contribution in [2.45, 2.75) is 6.42 Å². The number of carbonyl (C=O) groups excluding carboxylic acids is 1. The molecule has 2 aromatic carbocycles. The van der Waals surface area contributed by atoms with Crippen molar-refractivity contribution in [1.29, 1.82) is 0 Å². The highest BCUT2D eigenvalue weighted by molar-refractivity contribution is 6.07. The van der Waals surface area contributed by atoms with Gasteiger partial charge >= 0.3 is 0 Å². The Bertz CT molecular complexity index is 1130. The van der Waals surface area contributed by atoms with Crippen LogP contribution >= 0.6 is 0 Å². The van der Waals surface area contributed by atoms with Gasteiger partial charge in [-0.15, -0.1) is 0 Å². The zero-order chi connectivity index (χ0) is 22.1. The van der Waals surface area contributed by atoms with Crippen LogP contribution in [0.25, 0.3) is 0 Å². The number of amides is 1. The van der Waals surface area contributed by atoms with Gasteiger partial charge in [0, 0.05) is 56.4 Å². The summed E-state index contributed by atoms with van der Waals surface area (Å²) >= 11 is 0. The molecule has 3 heterocycles. The first-order chi connectivity index (χ1) is 15.6. The van der Waals surface area contributed by atoms with Crippen molar-refractivity contribution >= 4 is 23.1 Å². The average Bonchev–Trinajstić information content (AvgIpc) is 3.28. The Hall–Kier alpha value is -3.61. The van der Waals surface area contributed by atoms with Crippen LogP contribution in [-0.4, -0.2) is 50.7 Å². The molecule has 1 fully saturated rings. The Kier molecular flexibility index (Phi) is 5.39. The maximum atomic E-state index is 14.0. The number of piperazine rings is 1. The van der Waals surface area contributed by atoms with Crippen molar-refractivity contribution in [1.82, 2.24) is 4.98 Å². The van der Waals surface area contributed by atoms with Gasteiger partial charge in [-0.2, -0.15) is 0 Å². The number of fused-ring (bicyclic) bond motifs is 1. The Labute approximate surface area is 186 Å². The van der Waals surface area contributed by atoms with E-state index in [1.807, 2.05) is 41.3 Å². The van der Waals surface area contributed by atoms with Gasteiger partial charge in [-0.25, -0.2) is 9.37 Å². The van der Waals surface area contributed by atoms with Gasteiger partial charge in [0.25, 0.3) is 5.91 Å². The zero-order valence-electron chi connectivity index (χ0n) is 18.0. The third kappa shape index (κ3) is 3.75. The highest BCUT2D eigenvalue weighted by atomic mass is 19.1. The second-order valence-electron chi connectivity index (χ2n) is 8.03. The Morgan fingerprint density at radius 2 is 1.75 bits per heavy atom. The van der Waals surface area contributed by atoms with Crippen molar-refractivity contribution in [2.24, 2.45) is 0 Å². The summed E-state index contributed by atoms with van der Waals surface area (Å²) in [7, 11) is 1.47. The summed E-state index contributed by atoms with van der Waals surface area (Å²) < 4.78 is 19.0. The minimum absolute atomic E-state index is 0.0136. The molecule has 0 saturated carbocycles. The number of para-hydroxylation sites is 1. The summed E-state index contributed by atoms with van der Waals surface area (Å²) in [5.41, 5.74) is 3.65. The average molecular weight is 432 g/mol. The largest absolute Gasteiger partial charge is 0.494 e. The maximum Gasteiger partial charge on any atom is 0.259 e. The van der Waals surface area contributed by atoms with Crippen LogP contribution in [0.15, 0.2) is 60.8 Å². The molecule has 0 unspecified atom stereocenters. The fourth-order valence-corrected chi connectivity index (χ4v) is 4.45. The molecule has 0 N–H and O–H groups in total. The lowest BCUT2D eigenvalue weighted by Gasteiger charge is -2.36. The molecular weight excluding hydrogens is 407 g/mol. The van der Waals surface area contributed by atoms with Crippen molar-refractivity contribution in [2.75, 3.05) is 54.5 Å². The van der Waals surface area contributed by atoms with E-state index in [1.54, 1.807) is 12.3 Å². The molecule has 0 bridgehead atoms. The van der Waals surface area contributed by atoms with Crippen LogP contribution in [0.1, 0.15) is 15.9 Å². The van der Waals surface area contributed by atoms with Gasteiger partial charge in [0.15, 0.2) is 11.6 Å². The van der Waals surface area contributed by atoms with Crippen molar-refractivity contribution in [3.05, 3.63) is 77.7 Å². The third-order valence-electron chi connectivity index (χ3n) is 6.23. The summed E-state index contributed by atoms with van der Waals surface area (Å²) in [6.07, 6.45) is 2.56. The van der Waals surface area contributed by atoms with Crippen LogP contribution in [0.4, 0.5) is 21.6 Å². The highest BCUT2D eigenvalue weighted by Gasteiger charge is 2.26. The van der Waals surface area contributed by atoms with E-state index in [0.717, 1.165) is 49.8 Å². The van der Waals surface area contributed by atoms with Crippen LogP contribution in [0.2, 0.25) is 0 Å². The number of nitrogens with zero attached hydrogens (tertiary/aromatic N) is 4. The summed E-state index contributed by atoms with van der Waals surface area (Å²) in [6, 6.07) is 16.9. The van der Waals surface area contributed by atoms with E-state index in [2.05, 4.69) is 20.9 Å². The molecule has 7 heteroatoms. The SMILES string of the molecule is COc1ccc(N2CCN(c3ccc(C(=O)N4CCc5ccccc54)cn3)CC2)cc1F. The monoisotopic (exact) mass is 432 g/mol. The van der Waals surface area contributed by atoms with Gasteiger partial charge in [0.2, 0.25) is 0 Å². The number of methoxy groups -OCH3 is 1. The number of hydrogen-bond acceptors (Lipinski definition) is 5. The Balaban J connectivity index is 1.23. The molecule has 1 aromatic heterocycles. The van der Waals surface area contributed by atoms with E-state index in [1.165, 1.54) is 18.7 Å². The summed E-state index contributed by atoms with van der Waals surface area (Å²) in [5, 5.41) is 0. The van der Waals surface area contributed by atoms with Crippen LogP contribution in [0.3, 0.4) is 0 Å². The standard InChI is InChI=1S/C25H25FN4O2/c1-32-23-8-7-20(16-21(23)26)28-12-14-29(15-13-28)24-9-6-19(17-27-24)25(31)30-11-10-18-4-2-3-5-22(18)30/h2-9,16-17H,10-15H2,1H3. The quantitative estimate of drug-likeness (QED) is 0.628. The van der Waals surface area contributed by atoms with Gasteiger partial charge in [0.1, 0.15) is 5.82 Å². The van der Waals surface area contributed by atoms with Gasteiger partial charge in [0.05, 0.1) is 12.7 Å². The summed E-state index contributed by atoms with van der Waals surface area (Å²) in [6.45, 7) is 3.77. The molecule has 32 heavy (non-hydrogen) atoms. The van der Waals surface area contributed by atoms with Crippen molar-refractivity contribution in [3.8, 4) is 5.75 Å². The minimum Gasteiger partial charge on any atom is -0.494 e. The van der Waals surface area contributed by atoms with Gasteiger partial charge in [-0.05, 0) is 42.3 Å². The molecule has 2 aliphatic heterocycles. The molecule has 164 valence electrons. The first kappa shape index (κ1) is 20.3. The molecule has 0 atom stereocenters. The predicted octanol–water partition coefficient (Wildman–Crippen LogP) is 3.76. The number of aromatic nitrogens is 1. The van der Waals surface area contributed by atoms with E-state index in [0.29, 0.717) is 12.1 Å². The number of anilines is 3. The van der Waals surface area contributed by atoms with Crippen LogP contribution in [-0.2, 0) is 6.42 Å². The van der Waals surface area contributed by atoms with Crippen molar-refractivity contribution in [3.63, 3.8) is 0 Å². The molecule has 2 aliphatic rings. The van der Waals surface area contributed by atoms with E-state index in [4.69, 9.17) is 4.74 Å². The number of rotatable bonds is 4. The molecular formula is C25H25FN4O2.